The third-order valence-electron chi connectivity index (χ3n) is 4.56. The molecule has 3 aromatic rings. The topological polar surface area (TPSA) is 89.4 Å². The summed E-state index contributed by atoms with van der Waals surface area (Å²) in [5.41, 5.74) is 9.13. The zero-order valence-electron chi connectivity index (χ0n) is 14.1. The predicted octanol–water partition coefficient (Wildman–Crippen LogP) is 1.66. The number of likely N-dealkylation sites (tertiary alicyclic amines) is 1. The molecule has 7 heteroatoms. The second-order valence-electron chi connectivity index (χ2n) is 6.49. The van der Waals surface area contributed by atoms with Gasteiger partial charge in [-0.3, -0.25) is 4.79 Å². The summed E-state index contributed by atoms with van der Waals surface area (Å²) in [4.78, 5) is 27.5. The number of nitrogens with zero attached hydrogens (tertiary/aromatic N) is 5. The zero-order chi connectivity index (χ0) is 17.4. The lowest BCUT2D eigenvalue weighted by Crippen LogP contribution is -2.42. The molecule has 1 saturated heterocycles. The van der Waals surface area contributed by atoms with Gasteiger partial charge in [-0.2, -0.15) is 0 Å². The van der Waals surface area contributed by atoms with E-state index < -0.39 is 0 Å². The van der Waals surface area contributed by atoms with Crippen LogP contribution in [0.4, 0.5) is 0 Å². The Morgan fingerprint density at radius 1 is 1.16 bits per heavy atom. The average Bonchev–Trinajstić information content (AvgIpc) is 3.01. The van der Waals surface area contributed by atoms with E-state index in [1.54, 1.807) is 12.4 Å². The lowest BCUT2D eigenvalue weighted by Gasteiger charge is -2.30. The van der Waals surface area contributed by atoms with Crippen LogP contribution in [0, 0.1) is 6.92 Å². The Morgan fingerprint density at radius 2 is 1.88 bits per heavy atom. The molecule has 1 aliphatic heterocycles. The maximum absolute atomic E-state index is 12.5. The van der Waals surface area contributed by atoms with Crippen LogP contribution in [0.25, 0.3) is 17.0 Å². The van der Waals surface area contributed by atoms with Gasteiger partial charge >= 0.3 is 0 Å². The number of amides is 1. The number of imidazole rings is 1. The molecule has 25 heavy (non-hydrogen) atoms. The molecular formula is C18H20N6O. The first-order valence-electron chi connectivity index (χ1n) is 8.43. The van der Waals surface area contributed by atoms with E-state index in [0.717, 1.165) is 29.7 Å². The van der Waals surface area contributed by atoms with Crippen molar-refractivity contribution in [1.82, 2.24) is 24.3 Å². The molecule has 7 nitrogen and oxygen atoms in total. The third-order valence-corrected chi connectivity index (χ3v) is 4.56. The fraction of sp³-hybridized carbons (Fsp3) is 0.333. The SMILES string of the molecule is Cc1cn2cc(-c3ncc(C(=O)N4CCC(N)CC4)cn3)ccc2n1. The molecule has 0 bridgehead atoms. The summed E-state index contributed by atoms with van der Waals surface area (Å²) in [6.07, 6.45) is 8.78. The van der Waals surface area contributed by atoms with Gasteiger partial charge < -0.3 is 15.0 Å². The first kappa shape index (κ1) is 15.7. The maximum Gasteiger partial charge on any atom is 0.256 e. The number of pyridine rings is 1. The second kappa shape index (κ2) is 6.25. The van der Waals surface area contributed by atoms with Crippen molar-refractivity contribution < 1.29 is 4.79 Å². The normalized spacial score (nSPS) is 15.7. The fourth-order valence-electron chi connectivity index (χ4n) is 3.12. The highest BCUT2D eigenvalue weighted by Crippen LogP contribution is 2.17. The smallest absolute Gasteiger partial charge is 0.256 e. The van der Waals surface area contributed by atoms with E-state index in [9.17, 15) is 4.79 Å². The molecule has 0 saturated carbocycles. The van der Waals surface area contributed by atoms with Crippen LogP contribution in [-0.4, -0.2) is 49.3 Å². The molecule has 0 unspecified atom stereocenters. The van der Waals surface area contributed by atoms with Gasteiger partial charge in [-0.05, 0) is 31.9 Å². The van der Waals surface area contributed by atoms with Crippen LogP contribution in [0.2, 0.25) is 0 Å². The standard InChI is InChI=1S/C18H20N6O/c1-12-10-24-11-13(2-3-16(24)22-12)17-20-8-14(9-21-17)18(25)23-6-4-15(19)5-7-23/h2-3,8-11,15H,4-7,19H2,1H3. The molecule has 0 atom stereocenters. The van der Waals surface area contributed by atoms with Crippen molar-refractivity contribution in [2.24, 2.45) is 5.73 Å². The fourth-order valence-corrected chi connectivity index (χ4v) is 3.12. The molecule has 4 rings (SSSR count). The Bertz CT molecular complexity index is 909. The van der Waals surface area contributed by atoms with Gasteiger partial charge in [-0.25, -0.2) is 15.0 Å². The number of rotatable bonds is 2. The molecule has 2 N–H and O–H groups in total. The molecule has 3 aromatic heterocycles. The van der Waals surface area contributed by atoms with E-state index in [2.05, 4.69) is 15.0 Å². The Labute approximate surface area is 145 Å². The van der Waals surface area contributed by atoms with Crippen LogP contribution in [0.5, 0.6) is 0 Å². The first-order chi connectivity index (χ1) is 12.1. The maximum atomic E-state index is 12.5. The van der Waals surface area contributed by atoms with Gasteiger partial charge in [0.05, 0.1) is 11.3 Å². The van der Waals surface area contributed by atoms with Gasteiger partial charge in [-0.1, -0.05) is 0 Å². The third kappa shape index (κ3) is 3.10. The van der Waals surface area contributed by atoms with E-state index in [1.165, 1.54) is 0 Å². The molecule has 1 amide bonds. The van der Waals surface area contributed by atoms with Crippen molar-refractivity contribution in [3.63, 3.8) is 0 Å². The largest absolute Gasteiger partial charge is 0.338 e. The Kier molecular flexibility index (Phi) is 3.93. The first-order valence-corrected chi connectivity index (χ1v) is 8.43. The number of fused-ring (bicyclic) bond motifs is 1. The van der Waals surface area contributed by atoms with Gasteiger partial charge in [0, 0.05) is 49.5 Å². The van der Waals surface area contributed by atoms with Crippen molar-refractivity contribution in [3.05, 3.63) is 48.2 Å². The van der Waals surface area contributed by atoms with Gasteiger partial charge in [0.25, 0.3) is 5.91 Å². The molecule has 1 fully saturated rings. The average molecular weight is 336 g/mol. The molecule has 0 aliphatic carbocycles. The van der Waals surface area contributed by atoms with E-state index >= 15 is 0 Å². The van der Waals surface area contributed by atoms with Crippen LogP contribution < -0.4 is 5.73 Å². The van der Waals surface area contributed by atoms with Crippen LogP contribution in [-0.2, 0) is 0 Å². The van der Waals surface area contributed by atoms with Crippen molar-refractivity contribution in [1.29, 1.82) is 0 Å². The Balaban J connectivity index is 1.55. The number of piperidine rings is 1. The minimum atomic E-state index is -0.0286. The summed E-state index contributed by atoms with van der Waals surface area (Å²) in [6, 6.07) is 4.07. The van der Waals surface area contributed by atoms with E-state index in [1.807, 2.05) is 40.8 Å². The summed E-state index contributed by atoms with van der Waals surface area (Å²) in [5.74, 6) is 0.560. The van der Waals surface area contributed by atoms with Crippen LogP contribution in [0.3, 0.4) is 0 Å². The quantitative estimate of drug-likeness (QED) is 0.769. The minimum absolute atomic E-state index is 0.0286. The molecule has 0 spiro atoms. The van der Waals surface area contributed by atoms with Crippen molar-refractivity contribution in [2.75, 3.05) is 13.1 Å². The van der Waals surface area contributed by atoms with Gasteiger partial charge in [0.2, 0.25) is 0 Å². The highest BCUT2D eigenvalue weighted by atomic mass is 16.2. The van der Waals surface area contributed by atoms with Crippen LogP contribution in [0.1, 0.15) is 28.9 Å². The monoisotopic (exact) mass is 336 g/mol. The Hall–Kier alpha value is -2.80. The molecule has 4 heterocycles. The van der Waals surface area contributed by atoms with E-state index in [4.69, 9.17) is 5.73 Å². The number of aryl methyl sites for hydroxylation is 1. The predicted molar refractivity (Wildman–Crippen MR) is 94.1 cm³/mol. The molecule has 0 radical (unpaired) electrons. The molecule has 1 aliphatic rings. The van der Waals surface area contributed by atoms with E-state index in [-0.39, 0.29) is 11.9 Å². The Morgan fingerprint density at radius 3 is 2.60 bits per heavy atom. The van der Waals surface area contributed by atoms with Crippen molar-refractivity contribution >= 4 is 11.6 Å². The lowest BCUT2D eigenvalue weighted by atomic mass is 10.1. The highest BCUT2D eigenvalue weighted by Gasteiger charge is 2.22. The van der Waals surface area contributed by atoms with Crippen molar-refractivity contribution in [3.8, 4) is 11.4 Å². The summed E-state index contributed by atoms with van der Waals surface area (Å²) < 4.78 is 1.95. The lowest BCUT2D eigenvalue weighted by molar-refractivity contribution is 0.0714. The minimum Gasteiger partial charge on any atom is -0.338 e. The van der Waals surface area contributed by atoms with Gasteiger partial charge in [0.15, 0.2) is 5.82 Å². The summed E-state index contributed by atoms with van der Waals surface area (Å²) >= 11 is 0. The van der Waals surface area contributed by atoms with E-state index in [0.29, 0.717) is 24.5 Å². The number of aromatic nitrogens is 4. The summed E-state index contributed by atoms with van der Waals surface area (Å²) in [6.45, 7) is 3.34. The molecule has 128 valence electrons. The number of hydrogen-bond donors (Lipinski definition) is 1. The molecule has 0 aromatic carbocycles. The van der Waals surface area contributed by atoms with Crippen molar-refractivity contribution in [2.45, 2.75) is 25.8 Å². The number of nitrogens with two attached hydrogens (primary N) is 1. The number of carbonyl (C=O) groups is 1. The van der Waals surface area contributed by atoms with Crippen LogP contribution in [0.15, 0.2) is 36.9 Å². The van der Waals surface area contributed by atoms with Gasteiger partial charge in [-0.15, -0.1) is 0 Å². The van der Waals surface area contributed by atoms with Crippen LogP contribution >= 0.6 is 0 Å². The van der Waals surface area contributed by atoms with Gasteiger partial charge in [0.1, 0.15) is 5.65 Å². The zero-order valence-corrected chi connectivity index (χ0v) is 14.1. The second-order valence-corrected chi connectivity index (χ2v) is 6.49. The number of hydrogen-bond acceptors (Lipinski definition) is 5. The highest BCUT2D eigenvalue weighted by molar-refractivity contribution is 5.93. The summed E-state index contributed by atoms with van der Waals surface area (Å²) in [7, 11) is 0. The summed E-state index contributed by atoms with van der Waals surface area (Å²) in [5, 5.41) is 0. The molecular weight excluding hydrogens is 316 g/mol. The number of carbonyl (C=O) groups excluding carboxylic acids is 1.